The quantitative estimate of drug-likeness (QED) is 0.789. The molecule has 0 spiro atoms. The van der Waals surface area contributed by atoms with Crippen molar-refractivity contribution in [3.63, 3.8) is 0 Å². The first-order valence-corrected chi connectivity index (χ1v) is 6.33. The Morgan fingerprint density at radius 1 is 1.42 bits per heavy atom. The first-order chi connectivity index (χ1) is 9.21. The Balaban J connectivity index is 1.87. The van der Waals surface area contributed by atoms with Gasteiger partial charge in [-0.15, -0.1) is 0 Å². The van der Waals surface area contributed by atoms with E-state index in [0.29, 0.717) is 30.2 Å². The summed E-state index contributed by atoms with van der Waals surface area (Å²) < 4.78 is 18.4. The highest BCUT2D eigenvalue weighted by atomic mass is 19.1. The van der Waals surface area contributed by atoms with Gasteiger partial charge in [-0.3, -0.25) is 0 Å². The van der Waals surface area contributed by atoms with Gasteiger partial charge in [0, 0.05) is 13.2 Å². The van der Waals surface area contributed by atoms with Gasteiger partial charge in [0.2, 0.25) is 5.95 Å². The van der Waals surface area contributed by atoms with E-state index in [1.54, 1.807) is 6.07 Å². The van der Waals surface area contributed by atoms with E-state index in [-0.39, 0.29) is 12.4 Å². The Labute approximate surface area is 109 Å². The van der Waals surface area contributed by atoms with Gasteiger partial charge in [-0.1, -0.05) is 0 Å². The summed E-state index contributed by atoms with van der Waals surface area (Å²) in [5.74, 6) is 0.252. The average Bonchev–Trinajstić information content (AvgIpc) is 2.81. The molecule has 1 aromatic carbocycles. The number of anilines is 1. The van der Waals surface area contributed by atoms with E-state index in [1.807, 2.05) is 0 Å². The number of nitrogens with one attached hydrogen (secondary N) is 2. The Morgan fingerprint density at radius 2 is 2.21 bits per heavy atom. The van der Waals surface area contributed by atoms with Gasteiger partial charge in [-0.2, -0.15) is 0 Å². The van der Waals surface area contributed by atoms with E-state index in [1.165, 1.54) is 12.1 Å². The van der Waals surface area contributed by atoms with E-state index >= 15 is 0 Å². The van der Waals surface area contributed by atoms with Gasteiger partial charge in [-0.25, -0.2) is 9.37 Å². The standard InChI is InChI=1S/C13H16FN3O2/c14-9-1-2-10-11(7-9)16-12(15-10)17-13(8-18)3-5-19-6-4-13/h1-2,7,18H,3-6,8H2,(H2,15,16,17). The molecule has 3 N–H and O–H groups in total. The Kier molecular flexibility index (Phi) is 3.12. The number of rotatable bonds is 3. The molecule has 1 aromatic heterocycles. The van der Waals surface area contributed by atoms with Crippen molar-refractivity contribution in [3.8, 4) is 0 Å². The van der Waals surface area contributed by atoms with Crippen LogP contribution in [-0.4, -0.2) is 40.4 Å². The first kappa shape index (κ1) is 12.4. The van der Waals surface area contributed by atoms with Crippen molar-refractivity contribution in [2.75, 3.05) is 25.1 Å². The highest BCUT2D eigenvalue weighted by Crippen LogP contribution is 2.25. The van der Waals surface area contributed by atoms with Crippen LogP contribution in [0.2, 0.25) is 0 Å². The van der Waals surface area contributed by atoms with Crippen LogP contribution in [-0.2, 0) is 4.74 Å². The van der Waals surface area contributed by atoms with E-state index in [4.69, 9.17) is 4.74 Å². The number of benzene rings is 1. The molecule has 2 aromatic rings. The van der Waals surface area contributed by atoms with Crippen molar-refractivity contribution in [1.29, 1.82) is 0 Å². The lowest BCUT2D eigenvalue weighted by Gasteiger charge is -2.36. The summed E-state index contributed by atoms with van der Waals surface area (Å²) in [6, 6.07) is 4.41. The van der Waals surface area contributed by atoms with E-state index in [0.717, 1.165) is 12.8 Å². The first-order valence-electron chi connectivity index (χ1n) is 6.33. The zero-order valence-corrected chi connectivity index (χ0v) is 10.4. The van der Waals surface area contributed by atoms with Crippen molar-refractivity contribution >= 4 is 17.0 Å². The Hall–Kier alpha value is -1.66. The second-order valence-electron chi connectivity index (χ2n) is 4.92. The molecule has 1 aliphatic rings. The van der Waals surface area contributed by atoms with Gasteiger partial charge in [0.05, 0.1) is 23.2 Å². The molecular formula is C13H16FN3O2. The summed E-state index contributed by atoms with van der Waals surface area (Å²) in [4.78, 5) is 7.38. The number of hydrogen-bond acceptors (Lipinski definition) is 4. The summed E-state index contributed by atoms with van der Waals surface area (Å²) in [5, 5.41) is 12.8. The van der Waals surface area contributed by atoms with Crippen LogP contribution in [0.5, 0.6) is 0 Å². The maximum atomic E-state index is 13.1. The van der Waals surface area contributed by atoms with Gasteiger partial charge in [0.15, 0.2) is 0 Å². The molecule has 0 atom stereocenters. The van der Waals surface area contributed by atoms with Crippen LogP contribution in [0.1, 0.15) is 12.8 Å². The second kappa shape index (κ2) is 4.79. The largest absolute Gasteiger partial charge is 0.394 e. The average molecular weight is 265 g/mol. The van der Waals surface area contributed by atoms with Gasteiger partial charge in [0.1, 0.15) is 5.82 Å². The predicted molar refractivity (Wildman–Crippen MR) is 69.5 cm³/mol. The molecule has 102 valence electrons. The molecule has 1 fully saturated rings. The second-order valence-corrected chi connectivity index (χ2v) is 4.92. The molecule has 0 saturated carbocycles. The summed E-state index contributed by atoms with van der Waals surface area (Å²) in [7, 11) is 0. The molecule has 5 nitrogen and oxygen atoms in total. The van der Waals surface area contributed by atoms with Crippen molar-refractivity contribution in [2.45, 2.75) is 18.4 Å². The molecule has 1 saturated heterocycles. The number of aromatic nitrogens is 2. The maximum Gasteiger partial charge on any atom is 0.201 e. The van der Waals surface area contributed by atoms with Gasteiger partial charge in [-0.05, 0) is 31.0 Å². The Morgan fingerprint density at radius 3 is 2.95 bits per heavy atom. The lowest BCUT2D eigenvalue weighted by atomic mass is 9.91. The van der Waals surface area contributed by atoms with Crippen LogP contribution in [0.25, 0.3) is 11.0 Å². The number of aliphatic hydroxyl groups is 1. The van der Waals surface area contributed by atoms with Crippen LogP contribution < -0.4 is 5.32 Å². The number of nitrogens with zero attached hydrogens (tertiary/aromatic N) is 1. The number of fused-ring (bicyclic) bond motifs is 1. The third-order valence-corrected chi connectivity index (χ3v) is 3.58. The third-order valence-electron chi connectivity index (χ3n) is 3.58. The van der Waals surface area contributed by atoms with Crippen LogP contribution in [0.4, 0.5) is 10.3 Å². The van der Waals surface area contributed by atoms with Gasteiger partial charge < -0.3 is 20.1 Å². The summed E-state index contributed by atoms with van der Waals surface area (Å²) >= 11 is 0. The van der Waals surface area contributed by atoms with Crippen molar-refractivity contribution in [2.24, 2.45) is 0 Å². The van der Waals surface area contributed by atoms with Gasteiger partial charge in [0.25, 0.3) is 0 Å². The molecule has 0 radical (unpaired) electrons. The number of hydrogen-bond donors (Lipinski definition) is 3. The molecule has 1 aliphatic heterocycles. The SMILES string of the molecule is OCC1(Nc2nc3ccc(F)cc3[nH]2)CCOCC1. The summed E-state index contributed by atoms with van der Waals surface area (Å²) in [6.07, 6.45) is 1.43. The lowest BCUT2D eigenvalue weighted by Crippen LogP contribution is -2.47. The fraction of sp³-hybridized carbons (Fsp3) is 0.462. The maximum absolute atomic E-state index is 13.1. The molecule has 19 heavy (non-hydrogen) atoms. The smallest absolute Gasteiger partial charge is 0.201 e. The molecule has 0 unspecified atom stereocenters. The summed E-state index contributed by atoms with van der Waals surface area (Å²) in [6.45, 7) is 1.24. The molecule has 3 rings (SSSR count). The van der Waals surface area contributed by atoms with Crippen LogP contribution in [0, 0.1) is 5.82 Å². The van der Waals surface area contributed by atoms with Crippen LogP contribution in [0.3, 0.4) is 0 Å². The number of ether oxygens (including phenoxy) is 1. The summed E-state index contributed by atoms with van der Waals surface area (Å²) in [5.41, 5.74) is 0.928. The minimum absolute atomic E-state index is 0.0156. The molecular weight excluding hydrogens is 249 g/mol. The van der Waals surface area contributed by atoms with E-state index in [2.05, 4.69) is 15.3 Å². The number of H-pyrrole nitrogens is 1. The predicted octanol–water partition coefficient (Wildman–Crippen LogP) is 1.66. The van der Waals surface area contributed by atoms with Crippen molar-refractivity contribution < 1.29 is 14.2 Å². The zero-order valence-electron chi connectivity index (χ0n) is 10.4. The highest BCUT2D eigenvalue weighted by Gasteiger charge is 2.32. The van der Waals surface area contributed by atoms with Crippen LogP contribution in [0.15, 0.2) is 18.2 Å². The number of imidazole rings is 1. The number of halogens is 1. The normalized spacial score (nSPS) is 18.6. The highest BCUT2D eigenvalue weighted by molar-refractivity contribution is 5.77. The number of aromatic amines is 1. The third kappa shape index (κ3) is 2.41. The monoisotopic (exact) mass is 265 g/mol. The van der Waals surface area contributed by atoms with Gasteiger partial charge >= 0.3 is 0 Å². The minimum Gasteiger partial charge on any atom is -0.394 e. The lowest BCUT2D eigenvalue weighted by molar-refractivity contribution is 0.0377. The zero-order chi connectivity index (χ0) is 13.3. The molecule has 0 amide bonds. The fourth-order valence-electron chi connectivity index (χ4n) is 2.38. The van der Waals surface area contributed by atoms with E-state index in [9.17, 15) is 9.50 Å². The van der Waals surface area contributed by atoms with Crippen molar-refractivity contribution in [3.05, 3.63) is 24.0 Å². The molecule has 6 heteroatoms. The van der Waals surface area contributed by atoms with Crippen LogP contribution >= 0.6 is 0 Å². The molecule has 0 aliphatic carbocycles. The molecule has 0 bridgehead atoms. The Bertz CT molecular complexity index is 578. The molecule has 2 heterocycles. The number of aliphatic hydroxyl groups excluding tert-OH is 1. The topological polar surface area (TPSA) is 70.2 Å². The van der Waals surface area contributed by atoms with E-state index < -0.39 is 5.54 Å². The fourth-order valence-corrected chi connectivity index (χ4v) is 2.38. The van der Waals surface area contributed by atoms with Crippen molar-refractivity contribution in [1.82, 2.24) is 9.97 Å². The minimum atomic E-state index is -0.412.